The van der Waals surface area contributed by atoms with E-state index in [-0.39, 0.29) is 18.5 Å². The van der Waals surface area contributed by atoms with Crippen LogP contribution in [0.4, 0.5) is 10.1 Å². The lowest BCUT2D eigenvalue weighted by Crippen LogP contribution is -2.35. The number of halogens is 1. The molecule has 0 aromatic heterocycles. The first-order chi connectivity index (χ1) is 8.54. The quantitative estimate of drug-likeness (QED) is 0.867. The van der Waals surface area contributed by atoms with E-state index in [1.54, 1.807) is 13.0 Å². The first-order valence-corrected chi connectivity index (χ1v) is 6.39. The van der Waals surface area contributed by atoms with Crippen molar-refractivity contribution >= 4 is 5.69 Å². The van der Waals surface area contributed by atoms with Crippen LogP contribution in [0.5, 0.6) is 0 Å². The topological polar surface area (TPSA) is 43.7 Å². The Labute approximate surface area is 107 Å². The molecule has 18 heavy (non-hydrogen) atoms. The second kappa shape index (κ2) is 5.24. The van der Waals surface area contributed by atoms with Gasteiger partial charge < -0.3 is 15.1 Å². The number of rotatable bonds is 3. The number of aliphatic hydroxyl groups is 2. The number of aliphatic hydroxyl groups excluding tert-OH is 2. The molecule has 1 fully saturated rings. The molecule has 3 nitrogen and oxygen atoms in total. The van der Waals surface area contributed by atoms with E-state index < -0.39 is 6.10 Å². The third-order valence-electron chi connectivity index (χ3n) is 3.82. The van der Waals surface area contributed by atoms with Crippen molar-refractivity contribution in [1.82, 2.24) is 0 Å². The Morgan fingerprint density at radius 1 is 1.50 bits per heavy atom. The second-order valence-electron chi connectivity index (χ2n) is 5.09. The molecule has 0 radical (unpaired) electrons. The summed E-state index contributed by atoms with van der Waals surface area (Å²) >= 11 is 0. The fourth-order valence-electron chi connectivity index (χ4n) is 2.71. The predicted octanol–water partition coefficient (Wildman–Crippen LogP) is 2.09. The van der Waals surface area contributed by atoms with Gasteiger partial charge in [0, 0.05) is 17.8 Å². The second-order valence-corrected chi connectivity index (χ2v) is 5.09. The zero-order valence-corrected chi connectivity index (χ0v) is 10.8. The highest BCUT2D eigenvalue weighted by atomic mass is 19.1. The summed E-state index contributed by atoms with van der Waals surface area (Å²) in [4.78, 5) is 2.08. The lowest BCUT2D eigenvalue weighted by molar-refractivity contribution is 0.198. The van der Waals surface area contributed by atoms with Gasteiger partial charge in [-0.3, -0.25) is 0 Å². The van der Waals surface area contributed by atoms with Crippen molar-refractivity contribution in [3.8, 4) is 0 Å². The summed E-state index contributed by atoms with van der Waals surface area (Å²) < 4.78 is 13.3. The van der Waals surface area contributed by atoms with Crippen molar-refractivity contribution in [3.63, 3.8) is 0 Å². The third-order valence-corrected chi connectivity index (χ3v) is 3.82. The fourth-order valence-corrected chi connectivity index (χ4v) is 2.71. The monoisotopic (exact) mass is 253 g/mol. The number of anilines is 1. The highest BCUT2D eigenvalue weighted by molar-refractivity contribution is 5.56. The number of nitrogens with zero attached hydrogens (tertiary/aromatic N) is 1. The first-order valence-electron chi connectivity index (χ1n) is 6.39. The molecule has 1 aliphatic heterocycles. The maximum Gasteiger partial charge on any atom is 0.123 e. The Hall–Kier alpha value is -1.13. The summed E-state index contributed by atoms with van der Waals surface area (Å²) in [5, 5.41) is 19.2. The molecule has 4 heteroatoms. The lowest BCUT2D eigenvalue weighted by Gasteiger charge is -2.30. The summed E-state index contributed by atoms with van der Waals surface area (Å²) in [6.45, 7) is 4.65. The van der Waals surface area contributed by atoms with Gasteiger partial charge in [-0.15, -0.1) is 0 Å². The normalized spacial score (nSPS) is 25.5. The smallest absolute Gasteiger partial charge is 0.123 e. The van der Waals surface area contributed by atoms with E-state index in [2.05, 4.69) is 11.8 Å². The molecule has 3 atom stereocenters. The zero-order valence-electron chi connectivity index (χ0n) is 10.8. The van der Waals surface area contributed by atoms with E-state index in [4.69, 9.17) is 0 Å². The van der Waals surface area contributed by atoms with Gasteiger partial charge in [-0.05, 0) is 37.5 Å². The predicted molar refractivity (Wildman–Crippen MR) is 69.0 cm³/mol. The van der Waals surface area contributed by atoms with Crippen LogP contribution in [0.1, 0.15) is 31.9 Å². The molecule has 0 spiro atoms. The SMILES string of the molecule is CC1CCN(c2ccc(F)cc2[C@@H](C)O)C1CO. The largest absolute Gasteiger partial charge is 0.394 e. The Balaban J connectivity index is 2.38. The van der Waals surface area contributed by atoms with E-state index in [9.17, 15) is 14.6 Å². The molecule has 2 rings (SSSR count). The van der Waals surface area contributed by atoms with Gasteiger partial charge in [-0.2, -0.15) is 0 Å². The van der Waals surface area contributed by atoms with Crippen LogP contribution in [-0.4, -0.2) is 29.4 Å². The van der Waals surface area contributed by atoms with Crippen molar-refractivity contribution in [1.29, 1.82) is 0 Å². The highest BCUT2D eigenvalue weighted by Crippen LogP contribution is 2.34. The van der Waals surface area contributed by atoms with E-state index in [0.29, 0.717) is 11.5 Å². The van der Waals surface area contributed by atoms with E-state index in [0.717, 1.165) is 18.7 Å². The van der Waals surface area contributed by atoms with E-state index in [1.165, 1.54) is 12.1 Å². The van der Waals surface area contributed by atoms with Gasteiger partial charge in [-0.1, -0.05) is 6.92 Å². The average Bonchev–Trinajstić information content (AvgIpc) is 2.70. The Bertz CT molecular complexity index is 422. The van der Waals surface area contributed by atoms with Crippen LogP contribution in [0.25, 0.3) is 0 Å². The Kier molecular flexibility index (Phi) is 3.88. The molecule has 0 saturated carbocycles. The summed E-state index contributed by atoms with van der Waals surface area (Å²) in [7, 11) is 0. The molecule has 0 bridgehead atoms. The first kappa shape index (κ1) is 13.3. The number of benzene rings is 1. The summed E-state index contributed by atoms with van der Waals surface area (Å²) in [5.74, 6) is 0.0596. The maximum atomic E-state index is 13.3. The van der Waals surface area contributed by atoms with Gasteiger partial charge >= 0.3 is 0 Å². The van der Waals surface area contributed by atoms with Crippen LogP contribution >= 0.6 is 0 Å². The molecule has 1 aromatic rings. The minimum Gasteiger partial charge on any atom is -0.394 e. The summed E-state index contributed by atoms with van der Waals surface area (Å²) in [6, 6.07) is 4.52. The fraction of sp³-hybridized carbons (Fsp3) is 0.571. The number of hydrogen-bond acceptors (Lipinski definition) is 3. The van der Waals surface area contributed by atoms with Crippen molar-refractivity contribution < 1.29 is 14.6 Å². The zero-order chi connectivity index (χ0) is 13.3. The molecule has 0 aliphatic carbocycles. The van der Waals surface area contributed by atoms with Crippen LogP contribution in [-0.2, 0) is 0 Å². The van der Waals surface area contributed by atoms with Crippen molar-refractivity contribution in [3.05, 3.63) is 29.6 Å². The highest BCUT2D eigenvalue weighted by Gasteiger charge is 2.32. The maximum absolute atomic E-state index is 13.3. The van der Waals surface area contributed by atoms with Crippen LogP contribution < -0.4 is 4.90 Å². The van der Waals surface area contributed by atoms with Crippen LogP contribution in [0.3, 0.4) is 0 Å². The van der Waals surface area contributed by atoms with E-state index >= 15 is 0 Å². The van der Waals surface area contributed by atoms with Crippen LogP contribution in [0.2, 0.25) is 0 Å². The summed E-state index contributed by atoms with van der Waals surface area (Å²) in [5.41, 5.74) is 1.41. The Morgan fingerprint density at radius 3 is 2.83 bits per heavy atom. The third kappa shape index (κ3) is 2.35. The molecule has 2 unspecified atom stereocenters. The van der Waals surface area contributed by atoms with Gasteiger partial charge in [0.15, 0.2) is 0 Å². The molecular weight excluding hydrogens is 233 g/mol. The summed E-state index contributed by atoms with van der Waals surface area (Å²) in [6.07, 6.45) is 0.285. The molecule has 1 heterocycles. The van der Waals surface area contributed by atoms with Crippen LogP contribution in [0.15, 0.2) is 18.2 Å². The van der Waals surface area contributed by atoms with Gasteiger partial charge in [-0.25, -0.2) is 4.39 Å². The molecular formula is C14H20FNO2. The lowest BCUT2D eigenvalue weighted by atomic mass is 10.0. The van der Waals surface area contributed by atoms with Gasteiger partial charge in [0.2, 0.25) is 0 Å². The van der Waals surface area contributed by atoms with Gasteiger partial charge in [0.1, 0.15) is 5.82 Å². The van der Waals surface area contributed by atoms with E-state index in [1.807, 2.05) is 0 Å². The molecule has 1 aromatic carbocycles. The molecule has 100 valence electrons. The molecule has 1 aliphatic rings. The van der Waals surface area contributed by atoms with Crippen molar-refractivity contribution in [2.75, 3.05) is 18.1 Å². The molecule has 1 saturated heterocycles. The minimum atomic E-state index is -0.717. The average molecular weight is 253 g/mol. The van der Waals surface area contributed by atoms with Crippen molar-refractivity contribution in [2.24, 2.45) is 5.92 Å². The number of hydrogen-bond donors (Lipinski definition) is 2. The Morgan fingerprint density at radius 2 is 2.22 bits per heavy atom. The molecule has 0 amide bonds. The minimum absolute atomic E-state index is 0.0490. The van der Waals surface area contributed by atoms with Gasteiger partial charge in [0.25, 0.3) is 0 Å². The van der Waals surface area contributed by atoms with Gasteiger partial charge in [0.05, 0.1) is 18.8 Å². The van der Waals surface area contributed by atoms with Crippen LogP contribution in [0, 0.1) is 11.7 Å². The standard InChI is InChI=1S/C14H20FNO2/c1-9-5-6-16(14(9)8-17)13-4-3-11(15)7-12(13)10(2)18/h3-4,7,9-10,14,17-18H,5-6,8H2,1-2H3/t9?,10-,14?/m1/s1. The van der Waals surface area contributed by atoms with Crippen molar-refractivity contribution in [2.45, 2.75) is 32.4 Å². The molecule has 2 N–H and O–H groups in total.